The predicted molar refractivity (Wildman–Crippen MR) is 67.0 cm³/mol. The quantitative estimate of drug-likeness (QED) is 0.866. The van der Waals surface area contributed by atoms with Crippen molar-refractivity contribution >= 4 is 5.97 Å². The topological polar surface area (TPSA) is 40.5 Å². The van der Waals surface area contributed by atoms with Gasteiger partial charge in [-0.1, -0.05) is 30.3 Å². The van der Waals surface area contributed by atoms with Crippen LogP contribution in [0.1, 0.15) is 25.3 Å². The number of likely N-dealkylation sites (tertiary alicyclic amines) is 1. The van der Waals surface area contributed by atoms with Crippen LogP contribution in [0, 0.1) is 5.41 Å². The summed E-state index contributed by atoms with van der Waals surface area (Å²) in [7, 11) is 0. The fourth-order valence-electron chi connectivity index (χ4n) is 2.26. The van der Waals surface area contributed by atoms with Gasteiger partial charge < -0.3 is 10.0 Å². The molecule has 1 fully saturated rings. The van der Waals surface area contributed by atoms with Crippen LogP contribution in [-0.2, 0) is 4.79 Å². The van der Waals surface area contributed by atoms with Gasteiger partial charge in [0.25, 0.3) is 0 Å². The third-order valence-electron chi connectivity index (χ3n) is 3.43. The zero-order valence-corrected chi connectivity index (χ0v) is 10.4. The van der Waals surface area contributed by atoms with Gasteiger partial charge in [0.15, 0.2) is 0 Å². The zero-order chi connectivity index (χ0) is 12.5. The van der Waals surface area contributed by atoms with Crippen molar-refractivity contribution in [3.05, 3.63) is 35.9 Å². The van der Waals surface area contributed by atoms with Gasteiger partial charge in [0.2, 0.25) is 0 Å². The van der Waals surface area contributed by atoms with Crippen molar-refractivity contribution in [2.45, 2.75) is 19.8 Å². The Hall–Kier alpha value is -1.35. The SMILES string of the molecule is CC(C)(CN1CC(c2ccccc2)C1)C(=O)O. The fourth-order valence-corrected chi connectivity index (χ4v) is 2.26. The lowest BCUT2D eigenvalue weighted by atomic mass is 9.86. The van der Waals surface area contributed by atoms with E-state index < -0.39 is 11.4 Å². The van der Waals surface area contributed by atoms with Crippen molar-refractivity contribution in [3.63, 3.8) is 0 Å². The normalized spacial score (nSPS) is 17.8. The van der Waals surface area contributed by atoms with Crippen molar-refractivity contribution in [2.24, 2.45) is 5.41 Å². The lowest BCUT2D eigenvalue weighted by molar-refractivity contribution is -0.148. The van der Waals surface area contributed by atoms with Crippen molar-refractivity contribution in [1.29, 1.82) is 0 Å². The summed E-state index contributed by atoms with van der Waals surface area (Å²) in [6.45, 7) is 6.14. The maximum absolute atomic E-state index is 11.0. The van der Waals surface area contributed by atoms with Crippen molar-refractivity contribution in [2.75, 3.05) is 19.6 Å². The number of hydrogen-bond donors (Lipinski definition) is 1. The molecule has 2 rings (SSSR count). The van der Waals surface area contributed by atoms with Crippen LogP contribution in [0.25, 0.3) is 0 Å². The Morgan fingerprint density at radius 3 is 2.47 bits per heavy atom. The minimum Gasteiger partial charge on any atom is -0.481 e. The van der Waals surface area contributed by atoms with E-state index in [0.717, 1.165) is 13.1 Å². The van der Waals surface area contributed by atoms with E-state index in [1.807, 2.05) is 6.07 Å². The molecule has 1 N–H and O–H groups in total. The van der Waals surface area contributed by atoms with E-state index in [1.165, 1.54) is 5.56 Å². The van der Waals surface area contributed by atoms with Crippen LogP contribution in [0.15, 0.2) is 30.3 Å². The average Bonchev–Trinajstić information content (AvgIpc) is 2.24. The molecule has 0 spiro atoms. The molecule has 17 heavy (non-hydrogen) atoms. The van der Waals surface area contributed by atoms with E-state index in [-0.39, 0.29) is 0 Å². The van der Waals surface area contributed by atoms with E-state index in [9.17, 15) is 4.79 Å². The minimum absolute atomic E-state index is 0.570. The van der Waals surface area contributed by atoms with Gasteiger partial charge >= 0.3 is 5.97 Å². The number of rotatable bonds is 4. The van der Waals surface area contributed by atoms with Gasteiger partial charge in [-0.15, -0.1) is 0 Å². The predicted octanol–water partition coefficient (Wildman–Crippen LogP) is 2.20. The van der Waals surface area contributed by atoms with E-state index in [1.54, 1.807) is 13.8 Å². The van der Waals surface area contributed by atoms with Crippen molar-refractivity contribution < 1.29 is 9.90 Å². The largest absolute Gasteiger partial charge is 0.481 e. The Kier molecular flexibility index (Phi) is 3.20. The fraction of sp³-hybridized carbons (Fsp3) is 0.500. The smallest absolute Gasteiger partial charge is 0.310 e. The number of aliphatic carboxylic acids is 1. The summed E-state index contributed by atoms with van der Waals surface area (Å²) >= 11 is 0. The Morgan fingerprint density at radius 2 is 1.94 bits per heavy atom. The molecule has 1 aromatic rings. The van der Waals surface area contributed by atoms with Crippen LogP contribution >= 0.6 is 0 Å². The third-order valence-corrected chi connectivity index (χ3v) is 3.43. The highest BCUT2D eigenvalue weighted by Crippen LogP contribution is 2.29. The van der Waals surface area contributed by atoms with Gasteiger partial charge in [0.1, 0.15) is 0 Å². The summed E-state index contributed by atoms with van der Waals surface area (Å²) in [5.41, 5.74) is 0.707. The molecule has 0 bridgehead atoms. The first-order valence-electron chi connectivity index (χ1n) is 6.00. The Bertz CT molecular complexity index is 394. The molecule has 3 nitrogen and oxygen atoms in total. The Balaban J connectivity index is 1.86. The molecule has 0 saturated carbocycles. The van der Waals surface area contributed by atoms with E-state index >= 15 is 0 Å². The van der Waals surface area contributed by atoms with E-state index in [2.05, 4.69) is 29.2 Å². The second-order valence-electron chi connectivity index (χ2n) is 5.49. The van der Waals surface area contributed by atoms with E-state index in [4.69, 9.17) is 5.11 Å². The molecule has 0 aromatic heterocycles. The van der Waals surface area contributed by atoms with Gasteiger partial charge in [0, 0.05) is 25.6 Å². The molecule has 0 radical (unpaired) electrons. The molecule has 1 saturated heterocycles. The maximum atomic E-state index is 11.0. The van der Waals surface area contributed by atoms with Gasteiger partial charge in [-0.05, 0) is 19.4 Å². The van der Waals surface area contributed by atoms with Gasteiger partial charge in [-0.2, -0.15) is 0 Å². The highest BCUT2D eigenvalue weighted by atomic mass is 16.4. The maximum Gasteiger partial charge on any atom is 0.310 e. The second kappa shape index (κ2) is 4.49. The Morgan fingerprint density at radius 1 is 1.35 bits per heavy atom. The van der Waals surface area contributed by atoms with Crippen molar-refractivity contribution in [3.8, 4) is 0 Å². The molecule has 1 aliphatic rings. The Labute approximate surface area is 102 Å². The second-order valence-corrected chi connectivity index (χ2v) is 5.49. The summed E-state index contributed by atoms with van der Waals surface area (Å²) < 4.78 is 0. The molecule has 1 aliphatic heterocycles. The summed E-state index contributed by atoms with van der Waals surface area (Å²) in [5.74, 6) is -0.151. The first kappa shape index (κ1) is 12.1. The molecule has 0 aliphatic carbocycles. The average molecular weight is 233 g/mol. The highest BCUT2D eigenvalue weighted by Gasteiger charge is 2.35. The lowest BCUT2D eigenvalue weighted by Crippen LogP contribution is -2.50. The molecule has 0 unspecified atom stereocenters. The summed E-state index contributed by atoms with van der Waals surface area (Å²) in [4.78, 5) is 13.2. The van der Waals surface area contributed by atoms with Crippen LogP contribution in [0.4, 0.5) is 0 Å². The van der Waals surface area contributed by atoms with Crippen molar-refractivity contribution in [1.82, 2.24) is 4.90 Å². The standard InChI is InChI=1S/C14H19NO2/c1-14(2,13(16)17)10-15-8-12(9-15)11-6-4-3-5-7-11/h3-7,12H,8-10H2,1-2H3,(H,16,17). The first-order chi connectivity index (χ1) is 7.99. The highest BCUT2D eigenvalue weighted by molar-refractivity contribution is 5.73. The number of hydrogen-bond acceptors (Lipinski definition) is 2. The van der Waals surface area contributed by atoms with Gasteiger partial charge in [-0.3, -0.25) is 4.79 Å². The molecular weight excluding hydrogens is 214 g/mol. The van der Waals surface area contributed by atoms with Gasteiger partial charge in [-0.25, -0.2) is 0 Å². The monoisotopic (exact) mass is 233 g/mol. The number of carboxylic acids is 1. The number of carboxylic acid groups (broad SMARTS) is 1. The van der Waals surface area contributed by atoms with Crippen LogP contribution in [0.3, 0.4) is 0 Å². The molecule has 92 valence electrons. The molecule has 3 heteroatoms. The molecule has 0 amide bonds. The summed E-state index contributed by atoms with van der Waals surface area (Å²) in [6.07, 6.45) is 0. The minimum atomic E-state index is -0.722. The van der Waals surface area contributed by atoms with Gasteiger partial charge in [0.05, 0.1) is 5.41 Å². The molecule has 1 aromatic carbocycles. The molecule has 1 heterocycles. The number of benzene rings is 1. The summed E-state index contributed by atoms with van der Waals surface area (Å²) in [6, 6.07) is 10.4. The zero-order valence-electron chi connectivity index (χ0n) is 10.4. The molecular formula is C14H19NO2. The first-order valence-corrected chi connectivity index (χ1v) is 6.00. The third kappa shape index (κ3) is 2.67. The van der Waals surface area contributed by atoms with Crippen LogP contribution < -0.4 is 0 Å². The molecule has 0 atom stereocenters. The van der Waals surface area contributed by atoms with Crippen LogP contribution in [0.5, 0.6) is 0 Å². The van der Waals surface area contributed by atoms with Crippen LogP contribution in [0.2, 0.25) is 0 Å². The number of nitrogens with zero attached hydrogens (tertiary/aromatic N) is 1. The lowest BCUT2D eigenvalue weighted by Gasteiger charge is -2.42. The number of carbonyl (C=O) groups is 1. The van der Waals surface area contributed by atoms with Crippen LogP contribution in [-0.4, -0.2) is 35.6 Å². The van der Waals surface area contributed by atoms with E-state index in [0.29, 0.717) is 12.5 Å². The summed E-state index contributed by atoms with van der Waals surface area (Å²) in [5, 5.41) is 9.07.